The van der Waals surface area contributed by atoms with Crippen LogP contribution < -0.4 is 5.32 Å². The third-order valence-corrected chi connectivity index (χ3v) is 2.79. The Bertz CT molecular complexity index is 464. The number of phenolic OH excluding ortho intramolecular Hbond substituents is 1. The van der Waals surface area contributed by atoms with Gasteiger partial charge < -0.3 is 10.4 Å². The molecule has 1 aromatic rings. The minimum Gasteiger partial charge on any atom is -0.508 e. The number of amides is 1. The highest BCUT2D eigenvalue weighted by molar-refractivity contribution is 6.18. The van der Waals surface area contributed by atoms with Gasteiger partial charge in [0.15, 0.2) is 5.78 Å². The SMILES string of the molecule is O=C1CNC(=O)C1C=NCCc1ccc(O)cc1. The quantitative estimate of drug-likeness (QED) is 0.593. The lowest BCUT2D eigenvalue weighted by molar-refractivity contribution is -0.124. The number of benzene rings is 1. The van der Waals surface area contributed by atoms with Crippen LogP contribution in [0.1, 0.15) is 5.56 Å². The summed E-state index contributed by atoms with van der Waals surface area (Å²) in [5, 5.41) is 11.6. The second-order valence-corrected chi connectivity index (χ2v) is 4.13. The van der Waals surface area contributed by atoms with Gasteiger partial charge >= 0.3 is 0 Å². The summed E-state index contributed by atoms with van der Waals surface area (Å²) in [6, 6.07) is 6.87. The molecule has 1 fully saturated rings. The Balaban J connectivity index is 1.83. The number of phenols is 1. The van der Waals surface area contributed by atoms with Crippen LogP contribution in [0.15, 0.2) is 29.3 Å². The number of carbonyl (C=O) groups excluding carboxylic acids is 2. The van der Waals surface area contributed by atoms with E-state index in [9.17, 15) is 9.59 Å². The first-order valence-electron chi connectivity index (χ1n) is 5.75. The minimum atomic E-state index is -0.718. The van der Waals surface area contributed by atoms with Crippen LogP contribution >= 0.6 is 0 Å². The van der Waals surface area contributed by atoms with Crippen LogP contribution in [0.3, 0.4) is 0 Å². The molecule has 0 spiro atoms. The number of rotatable bonds is 4. The van der Waals surface area contributed by atoms with E-state index in [1.54, 1.807) is 12.1 Å². The molecule has 18 heavy (non-hydrogen) atoms. The highest BCUT2D eigenvalue weighted by Crippen LogP contribution is 2.10. The van der Waals surface area contributed by atoms with Crippen molar-refractivity contribution in [3.8, 4) is 5.75 Å². The van der Waals surface area contributed by atoms with Gasteiger partial charge in [-0.2, -0.15) is 0 Å². The maximum atomic E-state index is 11.3. The number of aromatic hydroxyl groups is 1. The maximum Gasteiger partial charge on any atom is 0.236 e. The molecule has 1 atom stereocenters. The maximum absolute atomic E-state index is 11.3. The number of Topliss-reactive ketones (excluding diaryl/α,β-unsaturated/α-hetero) is 1. The Morgan fingerprint density at radius 1 is 1.33 bits per heavy atom. The van der Waals surface area contributed by atoms with Crippen molar-refractivity contribution in [3.63, 3.8) is 0 Å². The van der Waals surface area contributed by atoms with Crippen LogP contribution in [0.5, 0.6) is 5.75 Å². The van der Waals surface area contributed by atoms with Gasteiger partial charge in [0.25, 0.3) is 0 Å². The second-order valence-electron chi connectivity index (χ2n) is 4.13. The van der Waals surface area contributed by atoms with E-state index < -0.39 is 5.92 Å². The number of aliphatic imine (C=N–C) groups is 1. The van der Waals surface area contributed by atoms with Crippen LogP contribution in [0.2, 0.25) is 0 Å². The summed E-state index contributed by atoms with van der Waals surface area (Å²) < 4.78 is 0. The zero-order valence-electron chi connectivity index (χ0n) is 9.80. The monoisotopic (exact) mass is 246 g/mol. The third kappa shape index (κ3) is 2.94. The lowest BCUT2D eigenvalue weighted by Gasteiger charge is -1.99. The number of nitrogens with one attached hydrogen (secondary N) is 1. The highest BCUT2D eigenvalue weighted by atomic mass is 16.3. The Labute approximate surface area is 105 Å². The number of ketones is 1. The van der Waals surface area contributed by atoms with Crippen molar-refractivity contribution in [2.45, 2.75) is 6.42 Å². The first-order valence-corrected chi connectivity index (χ1v) is 5.75. The first-order chi connectivity index (χ1) is 8.66. The van der Waals surface area contributed by atoms with Gasteiger partial charge in [-0.25, -0.2) is 0 Å². The van der Waals surface area contributed by atoms with Gasteiger partial charge in [0.05, 0.1) is 6.54 Å². The molecule has 1 saturated heterocycles. The van der Waals surface area contributed by atoms with E-state index in [4.69, 9.17) is 5.11 Å². The highest BCUT2D eigenvalue weighted by Gasteiger charge is 2.30. The van der Waals surface area contributed by atoms with Crippen LogP contribution in [0.4, 0.5) is 0 Å². The van der Waals surface area contributed by atoms with Gasteiger partial charge in [0, 0.05) is 12.8 Å². The molecule has 0 aromatic heterocycles. The fourth-order valence-electron chi connectivity index (χ4n) is 1.73. The van der Waals surface area contributed by atoms with Gasteiger partial charge in [-0.05, 0) is 24.1 Å². The van der Waals surface area contributed by atoms with E-state index >= 15 is 0 Å². The normalized spacial score (nSPS) is 19.4. The zero-order chi connectivity index (χ0) is 13.0. The molecule has 0 bridgehead atoms. The van der Waals surface area contributed by atoms with E-state index in [1.807, 2.05) is 12.1 Å². The van der Waals surface area contributed by atoms with Gasteiger partial charge in [0.1, 0.15) is 11.7 Å². The molecule has 1 aliphatic rings. The minimum absolute atomic E-state index is 0.105. The predicted octanol–water partition coefficient (Wildman–Crippen LogP) is 0.321. The Morgan fingerprint density at radius 3 is 2.67 bits per heavy atom. The molecule has 2 rings (SSSR count). The largest absolute Gasteiger partial charge is 0.508 e. The van der Waals surface area contributed by atoms with E-state index in [1.165, 1.54) is 6.21 Å². The summed E-state index contributed by atoms with van der Waals surface area (Å²) in [5.41, 5.74) is 1.05. The van der Waals surface area contributed by atoms with Gasteiger partial charge in [-0.1, -0.05) is 12.1 Å². The molecule has 5 nitrogen and oxygen atoms in total. The van der Waals surface area contributed by atoms with Crippen LogP contribution in [-0.2, 0) is 16.0 Å². The standard InChI is InChI=1S/C13H14N2O3/c16-10-3-1-9(2-4-10)5-6-14-7-11-12(17)8-15-13(11)18/h1-4,7,11,16H,5-6,8H2,(H,15,18). The van der Waals surface area contributed by atoms with Crippen LogP contribution in [-0.4, -0.2) is 36.1 Å². The molecule has 1 amide bonds. The Kier molecular flexibility index (Phi) is 3.72. The Hall–Kier alpha value is -2.17. The molecule has 1 heterocycles. The molecule has 1 unspecified atom stereocenters. The summed E-state index contributed by atoms with van der Waals surface area (Å²) in [4.78, 5) is 26.6. The summed E-state index contributed by atoms with van der Waals surface area (Å²) in [6.07, 6.45) is 2.13. The predicted molar refractivity (Wildman–Crippen MR) is 66.7 cm³/mol. The van der Waals surface area contributed by atoms with E-state index in [0.717, 1.165) is 5.56 Å². The summed E-state index contributed by atoms with van der Waals surface area (Å²) in [5.74, 6) is -0.887. The average molecular weight is 246 g/mol. The van der Waals surface area contributed by atoms with E-state index in [2.05, 4.69) is 10.3 Å². The first kappa shape index (κ1) is 12.3. The third-order valence-electron chi connectivity index (χ3n) is 2.79. The fourth-order valence-corrected chi connectivity index (χ4v) is 1.73. The number of hydrogen-bond donors (Lipinski definition) is 2. The van der Waals surface area contributed by atoms with E-state index in [0.29, 0.717) is 13.0 Å². The second kappa shape index (κ2) is 5.44. The number of nitrogens with zero attached hydrogens (tertiary/aromatic N) is 1. The van der Waals surface area contributed by atoms with Crippen molar-refractivity contribution in [1.82, 2.24) is 5.32 Å². The van der Waals surface area contributed by atoms with Crippen molar-refractivity contribution in [2.75, 3.05) is 13.1 Å². The summed E-state index contributed by atoms with van der Waals surface area (Å²) in [7, 11) is 0. The smallest absolute Gasteiger partial charge is 0.236 e. The average Bonchev–Trinajstić information content (AvgIpc) is 2.68. The number of hydrogen-bond acceptors (Lipinski definition) is 4. The lowest BCUT2D eigenvalue weighted by atomic mass is 10.1. The molecule has 1 aliphatic heterocycles. The summed E-state index contributed by atoms with van der Waals surface area (Å²) in [6.45, 7) is 0.620. The van der Waals surface area contributed by atoms with Crippen molar-refractivity contribution < 1.29 is 14.7 Å². The molecule has 0 saturated carbocycles. The van der Waals surface area contributed by atoms with Crippen LogP contribution in [0.25, 0.3) is 0 Å². The number of carbonyl (C=O) groups is 2. The van der Waals surface area contributed by atoms with Crippen molar-refractivity contribution in [2.24, 2.45) is 10.9 Å². The molecule has 2 N–H and O–H groups in total. The van der Waals surface area contributed by atoms with Crippen molar-refractivity contribution in [3.05, 3.63) is 29.8 Å². The van der Waals surface area contributed by atoms with Crippen molar-refractivity contribution >= 4 is 17.9 Å². The molecular formula is C13H14N2O3. The fraction of sp³-hybridized carbons (Fsp3) is 0.308. The molecule has 1 aromatic carbocycles. The van der Waals surface area contributed by atoms with Crippen LogP contribution in [0, 0.1) is 5.92 Å². The van der Waals surface area contributed by atoms with E-state index in [-0.39, 0.29) is 24.0 Å². The van der Waals surface area contributed by atoms with Gasteiger partial charge in [0.2, 0.25) is 5.91 Å². The Morgan fingerprint density at radius 2 is 2.06 bits per heavy atom. The molecular weight excluding hydrogens is 232 g/mol. The summed E-state index contributed by atoms with van der Waals surface area (Å²) >= 11 is 0. The lowest BCUT2D eigenvalue weighted by Crippen LogP contribution is -2.21. The zero-order valence-corrected chi connectivity index (χ0v) is 9.80. The van der Waals surface area contributed by atoms with Gasteiger partial charge in [-0.15, -0.1) is 0 Å². The van der Waals surface area contributed by atoms with Gasteiger partial charge in [-0.3, -0.25) is 14.6 Å². The van der Waals surface area contributed by atoms with Crippen molar-refractivity contribution in [1.29, 1.82) is 0 Å². The topological polar surface area (TPSA) is 78.8 Å². The molecule has 0 radical (unpaired) electrons. The molecule has 94 valence electrons. The molecule has 0 aliphatic carbocycles. The molecule has 5 heteroatoms.